The molecule has 7 heteroatoms. The zero-order valence-electron chi connectivity index (χ0n) is 14.6. The summed E-state index contributed by atoms with van der Waals surface area (Å²) in [6.07, 6.45) is 5.17. The molecular formula is C18H25ClN4O2. The van der Waals surface area contributed by atoms with Crippen molar-refractivity contribution in [1.29, 1.82) is 0 Å². The van der Waals surface area contributed by atoms with Crippen molar-refractivity contribution in [2.24, 2.45) is 0 Å². The quantitative estimate of drug-likeness (QED) is 0.881. The zero-order valence-corrected chi connectivity index (χ0v) is 15.5. The molecule has 2 heterocycles. The predicted molar refractivity (Wildman–Crippen MR) is 99.1 cm³/mol. The van der Waals surface area contributed by atoms with Crippen LogP contribution in [0, 0.1) is 0 Å². The smallest absolute Gasteiger partial charge is 0.254 e. The number of likely N-dealkylation sites (N-methyl/N-ethyl adjacent to an activating group) is 1. The van der Waals surface area contributed by atoms with Gasteiger partial charge < -0.3 is 15.0 Å². The Hall–Kier alpha value is -1.89. The van der Waals surface area contributed by atoms with Gasteiger partial charge in [-0.1, -0.05) is 18.2 Å². The van der Waals surface area contributed by atoms with Crippen LogP contribution in [0.2, 0.25) is 0 Å². The number of ether oxygens (including phenoxy) is 1. The third-order valence-electron chi connectivity index (χ3n) is 4.61. The second-order valence-corrected chi connectivity index (χ2v) is 6.24. The Balaban J connectivity index is 0.00000225. The molecule has 1 aromatic heterocycles. The van der Waals surface area contributed by atoms with Gasteiger partial charge >= 0.3 is 0 Å². The highest BCUT2D eigenvalue weighted by Crippen LogP contribution is 2.25. The first-order chi connectivity index (χ1) is 11.6. The molecule has 0 unspecified atom stereocenters. The maximum Gasteiger partial charge on any atom is 0.254 e. The molecule has 2 aromatic rings. The average Bonchev–Trinajstić information content (AvgIpc) is 3.11. The van der Waals surface area contributed by atoms with Gasteiger partial charge in [-0.3, -0.25) is 4.79 Å². The summed E-state index contributed by atoms with van der Waals surface area (Å²) >= 11 is 0. The van der Waals surface area contributed by atoms with Gasteiger partial charge in [-0.25, -0.2) is 4.68 Å². The molecule has 1 aliphatic rings. The fourth-order valence-electron chi connectivity index (χ4n) is 3.19. The summed E-state index contributed by atoms with van der Waals surface area (Å²) in [6.45, 7) is 2.13. The first kappa shape index (κ1) is 19.4. The number of nitrogens with zero attached hydrogens (tertiary/aromatic N) is 3. The summed E-state index contributed by atoms with van der Waals surface area (Å²) in [7, 11) is 3.45. The van der Waals surface area contributed by atoms with Crippen LogP contribution in [-0.2, 0) is 16.1 Å². The molecule has 6 nitrogen and oxygen atoms in total. The van der Waals surface area contributed by atoms with Crippen LogP contribution in [0.4, 0.5) is 0 Å². The van der Waals surface area contributed by atoms with Crippen LogP contribution in [0.5, 0.6) is 0 Å². The number of carbonyl (C=O) groups excluding carboxylic acids is 1. The number of para-hydroxylation sites is 1. The maximum absolute atomic E-state index is 12.9. The molecule has 0 atom stereocenters. The summed E-state index contributed by atoms with van der Waals surface area (Å²) in [6, 6.07) is 9.93. The minimum atomic E-state index is -0.699. The molecule has 1 saturated heterocycles. The number of hydrogen-bond donors (Lipinski definition) is 1. The van der Waals surface area contributed by atoms with Gasteiger partial charge in [0.2, 0.25) is 0 Å². The van der Waals surface area contributed by atoms with Gasteiger partial charge in [0, 0.05) is 32.5 Å². The van der Waals surface area contributed by atoms with Gasteiger partial charge in [0.1, 0.15) is 5.60 Å². The number of amides is 1. The summed E-state index contributed by atoms with van der Waals surface area (Å²) < 4.78 is 7.45. The molecule has 1 aliphatic heterocycles. The Bertz CT molecular complexity index is 683. The lowest BCUT2D eigenvalue weighted by atomic mass is 9.90. The number of hydrogen-bond acceptors (Lipinski definition) is 4. The molecule has 1 N–H and O–H groups in total. The molecule has 0 spiro atoms. The van der Waals surface area contributed by atoms with Gasteiger partial charge in [0.05, 0.1) is 11.9 Å². The largest absolute Gasteiger partial charge is 0.368 e. The van der Waals surface area contributed by atoms with Crippen molar-refractivity contribution in [3.05, 3.63) is 48.3 Å². The van der Waals surface area contributed by atoms with E-state index in [0.717, 1.165) is 24.3 Å². The number of piperidine rings is 1. The van der Waals surface area contributed by atoms with E-state index in [1.807, 2.05) is 48.3 Å². The van der Waals surface area contributed by atoms with Crippen molar-refractivity contribution in [1.82, 2.24) is 20.0 Å². The first-order valence-corrected chi connectivity index (χ1v) is 8.25. The lowest BCUT2D eigenvalue weighted by molar-refractivity contribution is -0.157. The fourth-order valence-corrected chi connectivity index (χ4v) is 3.19. The standard InChI is InChI=1S/C18H24N4O2.ClH/c1-21(17(23)18(24-2)8-10-19-11-9-18)13-15-12-20-22(14-15)16-6-4-3-5-7-16;/h3-7,12,14,19H,8-11,13H2,1-2H3;1H. The topological polar surface area (TPSA) is 59.4 Å². The third kappa shape index (κ3) is 4.21. The van der Waals surface area contributed by atoms with Crippen LogP contribution in [0.1, 0.15) is 18.4 Å². The van der Waals surface area contributed by atoms with Gasteiger partial charge in [-0.15, -0.1) is 12.4 Å². The number of nitrogens with one attached hydrogen (secondary N) is 1. The highest BCUT2D eigenvalue weighted by atomic mass is 35.5. The summed E-state index contributed by atoms with van der Waals surface area (Å²) in [5.74, 6) is 0.0407. The number of aromatic nitrogens is 2. The second-order valence-electron chi connectivity index (χ2n) is 6.24. The Morgan fingerprint density at radius 1 is 1.32 bits per heavy atom. The molecule has 0 radical (unpaired) electrons. The molecular weight excluding hydrogens is 340 g/mol. The minimum Gasteiger partial charge on any atom is -0.368 e. The maximum atomic E-state index is 12.9. The minimum absolute atomic E-state index is 0. The molecule has 1 aromatic carbocycles. The van der Waals surface area contributed by atoms with E-state index in [-0.39, 0.29) is 18.3 Å². The van der Waals surface area contributed by atoms with Crippen molar-refractivity contribution in [2.45, 2.75) is 25.0 Å². The van der Waals surface area contributed by atoms with Crippen LogP contribution in [0.3, 0.4) is 0 Å². The Labute approximate surface area is 154 Å². The first-order valence-electron chi connectivity index (χ1n) is 8.25. The molecule has 1 fully saturated rings. The van der Waals surface area contributed by atoms with Crippen molar-refractivity contribution in [3.63, 3.8) is 0 Å². The highest BCUT2D eigenvalue weighted by molar-refractivity contribution is 5.85. The number of methoxy groups -OCH3 is 1. The van der Waals surface area contributed by atoms with Crippen molar-refractivity contribution in [3.8, 4) is 5.69 Å². The molecule has 136 valence electrons. The summed E-state index contributed by atoms with van der Waals surface area (Å²) in [4.78, 5) is 14.6. The van der Waals surface area contributed by atoms with Crippen molar-refractivity contribution >= 4 is 18.3 Å². The Morgan fingerprint density at radius 2 is 2.00 bits per heavy atom. The van der Waals surface area contributed by atoms with Crippen LogP contribution in [0.15, 0.2) is 42.7 Å². The van der Waals surface area contributed by atoms with Crippen LogP contribution in [-0.4, -0.2) is 53.4 Å². The van der Waals surface area contributed by atoms with E-state index in [2.05, 4.69) is 10.4 Å². The summed E-state index contributed by atoms with van der Waals surface area (Å²) in [5, 5.41) is 7.66. The lowest BCUT2D eigenvalue weighted by Gasteiger charge is -2.37. The normalized spacial score (nSPS) is 16.1. The van der Waals surface area contributed by atoms with E-state index in [9.17, 15) is 4.79 Å². The van der Waals surface area contributed by atoms with Gasteiger partial charge in [0.25, 0.3) is 5.91 Å². The monoisotopic (exact) mass is 364 g/mol. The van der Waals surface area contributed by atoms with E-state index in [1.165, 1.54) is 0 Å². The van der Waals surface area contributed by atoms with Crippen LogP contribution < -0.4 is 5.32 Å². The number of benzene rings is 1. The molecule has 1 amide bonds. The van der Waals surface area contributed by atoms with Crippen LogP contribution in [0.25, 0.3) is 5.69 Å². The Kier molecular flexibility index (Phi) is 6.58. The van der Waals surface area contributed by atoms with Crippen molar-refractivity contribution in [2.75, 3.05) is 27.2 Å². The third-order valence-corrected chi connectivity index (χ3v) is 4.61. The van der Waals surface area contributed by atoms with E-state index in [1.54, 1.807) is 18.2 Å². The number of carbonyl (C=O) groups is 1. The van der Waals surface area contributed by atoms with E-state index in [4.69, 9.17) is 4.74 Å². The fraction of sp³-hybridized carbons (Fsp3) is 0.444. The second kappa shape index (κ2) is 8.47. The molecule has 25 heavy (non-hydrogen) atoms. The van der Waals surface area contributed by atoms with E-state index in [0.29, 0.717) is 19.4 Å². The Morgan fingerprint density at radius 3 is 2.64 bits per heavy atom. The van der Waals surface area contributed by atoms with Gasteiger partial charge in [-0.2, -0.15) is 5.10 Å². The van der Waals surface area contributed by atoms with Gasteiger partial charge in [0.15, 0.2) is 0 Å². The summed E-state index contributed by atoms with van der Waals surface area (Å²) in [5.41, 5.74) is 1.30. The SMILES string of the molecule is COC1(C(=O)N(C)Cc2cnn(-c3ccccc3)c2)CCNCC1.Cl. The predicted octanol–water partition coefficient (Wildman–Crippen LogP) is 2.02. The average molecular weight is 365 g/mol. The highest BCUT2D eigenvalue weighted by Gasteiger charge is 2.41. The number of rotatable bonds is 5. The van der Waals surface area contributed by atoms with Gasteiger partial charge in [-0.05, 0) is 38.1 Å². The van der Waals surface area contributed by atoms with Crippen molar-refractivity contribution < 1.29 is 9.53 Å². The zero-order chi connectivity index (χ0) is 17.0. The number of halogens is 1. The molecule has 0 aliphatic carbocycles. The van der Waals surface area contributed by atoms with Crippen LogP contribution >= 0.6 is 12.4 Å². The molecule has 3 rings (SSSR count). The van der Waals surface area contributed by atoms with E-state index < -0.39 is 5.60 Å². The molecule has 0 saturated carbocycles. The van der Waals surface area contributed by atoms with E-state index >= 15 is 0 Å². The molecule has 0 bridgehead atoms. The lowest BCUT2D eigenvalue weighted by Crippen LogP contribution is -2.54.